The summed E-state index contributed by atoms with van der Waals surface area (Å²) in [6.45, 7) is -0.301. The van der Waals surface area contributed by atoms with Crippen molar-refractivity contribution in [2.45, 2.75) is 24.9 Å². The summed E-state index contributed by atoms with van der Waals surface area (Å²) in [5.41, 5.74) is -2.07. The molecule has 2 N–H and O–H groups in total. The monoisotopic (exact) mass is 446 g/mol. The maximum absolute atomic E-state index is 13.4. The summed E-state index contributed by atoms with van der Waals surface area (Å²) in [6, 6.07) is 8.24. The second-order valence-corrected chi connectivity index (χ2v) is 7.01. The van der Waals surface area contributed by atoms with Gasteiger partial charge in [0.25, 0.3) is 11.8 Å². The van der Waals surface area contributed by atoms with Crippen molar-refractivity contribution in [3.63, 3.8) is 0 Å². The number of nitrogens with one attached hydrogen (secondary N) is 1. The van der Waals surface area contributed by atoms with E-state index in [-0.39, 0.29) is 30.2 Å². The number of hydrogen-bond acceptors (Lipinski definition) is 4. The number of benzene rings is 2. The number of carbonyl (C=O) groups excluding carboxylic acids is 2. The summed E-state index contributed by atoms with van der Waals surface area (Å²) in [6.07, 6.45) is -5.19. The van der Waals surface area contributed by atoms with E-state index in [0.717, 1.165) is 29.2 Å². The van der Waals surface area contributed by atoms with Crippen LogP contribution in [0.25, 0.3) is 0 Å². The first kappa shape index (κ1) is 21.8. The van der Waals surface area contributed by atoms with E-state index in [1.54, 1.807) is 0 Å². The van der Waals surface area contributed by atoms with Crippen molar-refractivity contribution in [3.05, 3.63) is 58.9 Å². The van der Waals surface area contributed by atoms with Gasteiger partial charge in [0.15, 0.2) is 0 Å². The molecule has 3 rings (SSSR count). The minimum Gasteiger partial charge on any atom is -0.406 e. The number of halogens is 5. The van der Waals surface area contributed by atoms with E-state index >= 15 is 0 Å². The maximum Gasteiger partial charge on any atom is 0.573 e. The summed E-state index contributed by atoms with van der Waals surface area (Å²) in [7, 11) is 0. The lowest BCUT2D eigenvalue weighted by atomic mass is 10.0. The topological polar surface area (TPSA) is 78.9 Å². The number of ether oxygens (including phenoxy) is 1. The minimum absolute atomic E-state index is 0.0300. The number of hydrogen-bond donors (Lipinski definition) is 2. The van der Waals surface area contributed by atoms with E-state index in [0.29, 0.717) is 5.56 Å². The van der Waals surface area contributed by atoms with Gasteiger partial charge in [-0.15, -0.1) is 13.2 Å². The first-order chi connectivity index (χ1) is 14.0. The molecule has 2 aromatic carbocycles. The highest BCUT2D eigenvalue weighted by Crippen LogP contribution is 2.32. The number of nitrogens with zero attached hydrogens (tertiary/aromatic N) is 1. The van der Waals surface area contributed by atoms with Gasteiger partial charge in [-0.2, -0.15) is 0 Å². The van der Waals surface area contributed by atoms with Crippen molar-refractivity contribution in [3.8, 4) is 5.75 Å². The van der Waals surface area contributed by atoms with Crippen LogP contribution in [0, 0.1) is 5.82 Å². The highest BCUT2D eigenvalue weighted by molar-refractivity contribution is 6.30. The van der Waals surface area contributed by atoms with Crippen molar-refractivity contribution in [2.75, 3.05) is 11.4 Å². The molecule has 30 heavy (non-hydrogen) atoms. The van der Waals surface area contributed by atoms with E-state index in [9.17, 15) is 32.3 Å². The molecule has 1 heterocycles. The van der Waals surface area contributed by atoms with Crippen LogP contribution in [-0.4, -0.2) is 35.4 Å². The molecule has 0 unspecified atom stereocenters. The van der Waals surface area contributed by atoms with E-state index in [4.69, 9.17) is 11.6 Å². The standard InChI is InChI=1S/C19H15ClF4N2O4/c20-12-6-11(7-13(21)8-12)10-25-16(27)18(29)4-5-26(17(18)28)14-2-1-3-15(9-14)30-19(22,23)24/h1-3,6-9,29H,4-5,10H2,(H,25,27)/t18-/m0/s1. The van der Waals surface area contributed by atoms with Crippen LogP contribution in [0.4, 0.5) is 23.2 Å². The van der Waals surface area contributed by atoms with Crippen LogP contribution in [0.2, 0.25) is 5.02 Å². The van der Waals surface area contributed by atoms with Gasteiger partial charge in [-0.05, 0) is 35.9 Å². The molecule has 0 spiro atoms. The van der Waals surface area contributed by atoms with Crippen LogP contribution in [0.1, 0.15) is 12.0 Å². The summed E-state index contributed by atoms with van der Waals surface area (Å²) >= 11 is 5.74. The molecule has 1 saturated heterocycles. The Morgan fingerprint density at radius 3 is 2.67 bits per heavy atom. The van der Waals surface area contributed by atoms with Crippen LogP contribution in [0.3, 0.4) is 0 Å². The zero-order chi connectivity index (χ0) is 22.1. The highest BCUT2D eigenvalue weighted by Gasteiger charge is 2.51. The van der Waals surface area contributed by atoms with Gasteiger partial charge in [0.2, 0.25) is 5.60 Å². The fraction of sp³-hybridized carbons (Fsp3) is 0.263. The van der Waals surface area contributed by atoms with Crippen molar-refractivity contribution in [1.29, 1.82) is 0 Å². The summed E-state index contributed by atoms with van der Waals surface area (Å²) < 4.78 is 54.4. The SMILES string of the molecule is O=C(NCc1cc(F)cc(Cl)c1)[C@@]1(O)CCN(c2cccc(OC(F)(F)F)c2)C1=O. The Labute approximate surface area is 173 Å². The van der Waals surface area contributed by atoms with Crippen LogP contribution in [-0.2, 0) is 16.1 Å². The molecule has 1 aliphatic heterocycles. The molecule has 0 bridgehead atoms. The first-order valence-electron chi connectivity index (χ1n) is 8.61. The second kappa shape index (κ2) is 8.11. The molecular weight excluding hydrogens is 432 g/mol. The molecule has 160 valence electrons. The van der Waals surface area contributed by atoms with Gasteiger partial charge in [0.05, 0.1) is 0 Å². The van der Waals surface area contributed by atoms with E-state index in [2.05, 4.69) is 10.1 Å². The number of amides is 2. The molecule has 1 atom stereocenters. The van der Waals surface area contributed by atoms with Crippen LogP contribution >= 0.6 is 11.6 Å². The van der Waals surface area contributed by atoms with Crippen molar-refractivity contribution >= 4 is 29.1 Å². The quantitative estimate of drug-likeness (QED) is 0.546. The van der Waals surface area contributed by atoms with Gasteiger partial charge >= 0.3 is 6.36 Å². The zero-order valence-corrected chi connectivity index (χ0v) is 15.9. The summed E-state index contributed by atoms with van der Waals surface area (Å²) in [4.78, 5) is 26.1. The molecule has 1 aliphatic rings. The van der Waals surface area contributed by atoms with Gasteiger partial charge in [0, 0.05) is 36.3 Å². The van der Waals surface area contributed by atoms with Crippen LogP contribution in [0.15, 0.2) is 42.5 Å². The van der Waals surface area contributed by atoms with Crippen LogP contribution in [0.5, 0.6) is 5.75 Å². The van der Waals surface area contributed by atoms with E-state index in [1.165, 1.54) is 18.2 Å². The van der Waals surface area contributed by atoms with Gasteiger partial charge < -0.3 is 20.1 Å². The largest absolute Gasteiger partial charge is 0.573 e. The lowest BCUT2D eigenvalue weighted by Crippen LogP contribution is -2.52. The third kappa shape index (κ3) is 4.82. The van der Waals surface area contributed by atoms with Crippen molar-refractivity contribution in [1.82, 2.24) is 5.32 Å². The Kier molecular flexibility index (Phi) is 5.91. The Balaban J connectivity index is 1.71. The lowest BCUT2D eigenvalue weighted by molar-refractivity contribution is -0.274. The van der Waals surface area contributed by atoms with E-state index < -0.39 is 35.3 Å². The molecule has 0 aromatic heterocycles. The number of alkyl halides is 3. The molecule has 2 aromatic rings. The van der Waals surface area contributed by atoms with Gasteiger partial charge in [-0.3, -0.25) is 9.59 Å². The maximum atomic E-state index is 13.4. The third-order valence-corrected chi connectivity index (χ3v) is 4.63. The third-order valence-electron chi connectivity index (χ3n) is 4.41. The minimum atomic E-state index is -4.91. The van der Waals surface area contributed by atoms with Crippen LogP contribution < -0.4 is 15.0 Å². The molecule has 6 nitrogen and oxygen atoms in total. The molecule has 0 saturated carbocycles. The summed E-state index contributed by atoms with van der Waals surface area (Å²) in [5, 5.41) is 13.0. The first-order valence-corrected chi connectivity index (χ1v) is 8.99. The second-order valence-electron chi connectivity index (χ2n) is 6.57. The average Bonchev–Trinajstić information content (AvgIpc) is 2.94. The lowest BCUT2D eigenvalue weighted by Gasteiger charge is -2.22. The molecule has 1 fully saturated rings. The van der Waals surface area contributed by atoms with Gasteiger partial charge in [0.1, 0.15) is 11.6 Å². The fourth-order valence-electron chi connectivity index (χ4n) is 3.05. The molecule has 2 amide bonds. The number of aliphatic hydroxyl groups is 1. The Morgan fingerprint density at radius 1 is 1.27 bits per heavy atom. The molecule has 0 radical (unpaired) electrons. The molecule has 0 aliphatic carbocycles. The summed E-state index contributed by atoms with van der Waals surface area (Å²) in [5.74, 6) is -3.18. The Bertz CT molecular complexity index is 965. The number of rotatable bonds is 5. The Hall–Kier alpha value is -2.85. The molecule has 11 heteroatoms. The number of anilines is 1. The van der Waals surface area contributed by atoms with Crippen molar-refractivity contribution in [2.24, 2.45) is 0 Å². The smallest absolute Gasteiger partial charge is 0.406 e. The fourth-order valence-corrected chi connectivity index (χ4v) is 3.30. The average molecular weight is 447 g/mol. The molecular formula is C19H15ClF4N2O4. The van der Waals surface area contributed by atoms with E-state index in [1.807, 2.05) is 0 Å². The van der Waals surface area contributed by atoms with Gasteiger partial charge in [-0.1, -0.05) is 17.7 Å². The zero-order valence-electron chi connectivity index (χ0n) is 15.2. The van der Waals surface area contributed by atoms with Crippen molar-refractivity contribution < 1.29 is 37.0 Å². The number of carbonyl (C=O) groups is 2. The predicted molar refractivity (Wildman–Crippen MR) is 98.3 cm³/mol. The normalized spacial score (nSPS) is 19.1. The van der Waals surface area contributed by atoms with Gasteiger partial charge in [-0.25, -0.2) is 4.39 Å². The Morgan fingerprint density at radius 2 is 2.00 bits per heavy atom. The predicted octanol–water partition coefficient (Wildman–Crippen LogP) is 3.16. The highest BCUT2D eigenvalue weighted by atomic mass is 35.5.